The summed E-state index contributed by atoms with van der Waals surface area (Å²) in [6.45, 7) is 6.45. The number of halogens is 2. The van der Waals surface area contributed by atoms with Gasteiger partial charge in [0, 0.05) is 23.3 Å². The van der Waals surface area contributed by atoms with Gasteiger partial charge in [-0.25, -0.2) is 14.1 Å². The molecule has 1 saturated heterocycles. The van der Waals surface area contributed by atoms with Crippen LogP contribution in [0.2, 0.25) is 5.02 Å². The summed E-state index contributed by atoms with van der Waals surface area (Å²) in [5.41, 5.74) is 1.94. The number of para-hydroxylation sites is 1. The van der Waals surface area contributed by atoms with Crippen LogP contribution in [0.1, 0.15) is 44.2 Å². The van der Waals surface area contributed by atoms with Crippen LogP contribution in [0.15, 0.2) is 42.0 Å². The number of carbonyl (C=O) groups excluding carboxylic acids is 3. The summed E-state index contributed by atoms with van der Waals surface area (Å²) in [7, 11) is 2.01. The average Bonchev–Trinajstić information content (AvgIpc) is 2.71. The molecule has 2 heterocycles. The highest BCUT2D eigenvalue weighted by Crippen LogP contribution is 2.44. The summed E-state index contributed by atoms with van der Waals surface area (Å²) in [6.07, 6.45) is 2.27. The number of carbonyl (C=O) groups is 3. The van der Waals surface area contributed by atoms with Crippen LogP contribution in [0.3, 0.4) is 0 Å². The lowest BCUT2D eigenvalue weighted by atomic mass is 9.80. The number of barbiturate groups is 1. The summed E-state index contributed by atoms with van der Waals surface area (Å²) in [5.74, 6) is -2.29. The lowest BCUT2D eigenvalue weighted by Crippen LogP contribution is -2.54. The Morgan fingerprint density at radius 3 is 2.53 bits per heavy atom. The molecule has 1 unspecified atom stereocenters. The van der Waals surface area contributed by atoms with Gasteiger partial charge in [-0.3, -0.25) is 14.9 Å². The van der Waals surface area contributed by atoms with E-state index in [9.17, 15) is 18.8 Å². The zero-order valence-electron chi connectivity index (χ0n) is 18.2. The normalized spacial score (nSPS) is 21.6. The van der Waals surface area contributed by atoms with Crippen molar-refractivity contribution in [1.29, 1.82) is 0 Å². The lowest BCUT2D eigenvalue weighted by Gasteiger charge is -2.45. The molecule has 8 heteroatoms. The number of urea groups is 1. The second kappa shape index (κ2) is 7.74. The minimum absolute atomic E-state index is 0.0461. The molecule has 0 saturated carbocycles. The van der Waals surface area contributed by atoms with Gasteiger partial charge in [0.15, 0.2) is 0 Å². The number of benzene rings is 2. The van der Waals surface area contributed by atoms with Crippen molar-refractivity contribution < 1.29 is 18.8 Å². The molecule has 4 amide bonds. The third-order valence-corrected chi connectivity index (χ3v) is 6.57. The van der Waals surface area contributed by atoms with Crippen LogP contribution in [0.4, 0.5) is 20.6 Å². The van der Waals surface area contributed by atoms with Crippen molar-refractivity contribution in [2.24, 2.45) is 0 Å². The Labute approximate surface area is 190 Å². The van der Waals surface area contributed by atoms with Crippen molar-refractivity contribution >= 4 is 46.9 Å². The molecule has 2 aliphatic heterocycles. The van der Waals surface area contributed by atoms with Crippen LogP contribution in [0, 0.1) is 5.82 Å². The zero-order valence-corrected chi connectivity index (χ0v) is 19.0. The SMILES string of the molecule is CC1CC(C)(C)N(C)c2cc(Cl)c(/C=C3\C(=O)NC(=O)N(c4ccccc4F)C3=O)cc21. The highest BCUT2D eigenvalue weighted by molar-refractivity contribution is 6.40. The van der Waals surface area contributed by atoms with Crippen molar-refractivity contribution in [2.45, 2.75) is 38.6 Å². The van der Waals surface area contributed by atoms with Gasteiger partial charge in [0.2, 0.25) is 0 Å². The van der Waals surface area contributed by atoms with E-state index in [1.165, 1.54) is 24.3 Å². The summed E-state index contributed by atoms with van der Waals surface area (Å²) in [6, 6.07) is 8.06. The third-order valence-electron chi connectivity index (χ3n) is 6.25. The number of amides is 4. The maximum absolute atomic E-state index is 14.3. The first-order valence-electron chi connectivity index (χ1n) is 10.2. The molecule has 0 aliphatic carbocycles. The number of fused-ring (bicyclic) bond motifs is 1. The standard InChI is InChI=1S/C24H23ClFN3O3/c1-13-12-24(2,3)28(4)20-11-17(25)14(9-15(13)20)10-16-21(30)27-23(32)29(22(16)31)19-8-6-5-7-18(19)26/h5-11,13H,12H2,1-4H3,(H,27,30,32)/b16-10+. The molecule has 2 aromatic rings. The van der Waals surface area contributed by atoms with E-state index in [0.717, 1.165) is 23.7 Å². The summed E-state index contributed by atoms with van der Waals surface area (Å²) in [5, 5.41) is 2.47. The van der Waals surface area contributed by atoms with Crippen LogP contribution in [0.25, 0.3) is 6.08 Å². The van der Waals surface area contributed by atoms with Crippen molar-refractivity contribution in [3.05, 3.63) is 63.9 Å². The predicted molar refractivity (Wildman–Crippen MR) is 122 cm³/mol. The van der Waals surface area contributed by atoms with Gasteiger partial charge in [-0.1, -0.05) is 30.7 Å². The molecular formula is C24H23ClFN3O3. The molecule has 1 atom stereocenters. The largest absolute Gasteiger partial charge is 0.369 e. The zero-order chi connectivity index (χ0) is 23.4. The molecule has 0 radical (unpaired) electrons. The van der Waals surface area contributed by atoms with Gasteiger partial charge < -0.3 is 4.90 Å². The second-order valence-corrected chi connectivity index (χ2v) is 9.23. The number of hydrogen-bond acceptors (Lipinski definition) is 4. The predicted octanol–water partition coefficient (Wildman–Crippen LogP) is 4.87. The van der Waals surface area contributed by atoms with Gasteiger partial charge in [-0.05, 0) is 67.7 Å². The van der Waals surface area contributed by atoms with E-state index in [-0.39, 0.29) is 22.7 Å². The molecular weight excluding hydrogens is 433 g/mol. The number of rotatable bonds is 2. The smallest absolute Gasteiger partial charge is 0.336 e. The molecule has 4 rings (SSSR count). The summed E-state index contributed by atoms with van der Waals surface area (Å²) >= 11 is 6.53. The number of nitrogens with zero attached hydrogens (tertiary/aromatic N) is 2. The Morgan fingerprint density at radius 1 is 1.16 bits per heavy atom. The quantitative estimate of drug-likeness (QED) is 0.518. The van der Waals surface area contributed by atoms with Gasteiger partial charge >= 0.3 is 6.03 Å². The van der Waals surface area contributed by atoms with Gasteiger partial charge in [0.1, 0.15) is 11.4 Å². The van der Waals surface area contributed by atoms with Crippen LogP contribution in [-0.4, -0.2) is 30.4 Å². The number of hydrogen-bond donors (Lipinski definition) is 1. The Kier molecular flexibility index (Phi) is 5.33. The van der Waals surface area contributed by atoms with E-state index in [0.29, 0.717) is 15.5 Å². The first-order valence-corrected chi connectivity index (χ1v) is 10.6. The van der Waals surface area contributed by atoms with Gasteiger partial charge in [0.05, 0.1) is 5.69 Å². The number of imide groups is 2. The molecule has 0 bridgehead atoms. The fourth-order valence-electron chi connectivity index (χ4n) is 4.38. The fourth-order valence-corrected chi connectivity index (χ4v) is 4.59. The Bertz CT molecular complexity index is 1190. The molecule has 166 valence electrons. The van der Waals surface area contributed by atoms with Crippen LogP contribution < -0.4 is 15.1 Å². The number of nitrogens with one attached hydrogen (secondary N) is 1. The molecule has 2 aliphatic rings. The van der Waals surface area contributed by atoms with E-state index < -0.39 is 23.7 Å². The minimum Gasteiger partial charge on any atom is -0.369 e. The molecule has 1 fully saturated rings. The third kappa shape index (κ3) is 3.56. The van der Waals surface area contributed by atoms with E-state index in [1.54, 1.807) is 0 Å². The second-order valence-electron chi connectivity index (χ2n) is 8.82. The molecule has 6 nitrogen and oxygen atoms in total. The van der Waals surface area contributed by atoms with E-state index in [2.05, 4.69) is 31.0 Å². The fraction of sp³-hybridized carbons (Fsp3) is 0.292. The van der Waals surface area contributed by atoms with Crippen molar-refractivity contribution in [3.8, 4) is 0 Å². The van der Waals surface area contributed by atoms with Crippen molar-refractivity contribution in [3.63, 3.8) is 0 Å². The topological polar surface area (TPSA) is 69.7 Å². The summed E-state index contributed by atoms with van der Waals surface area (Å²) < 4.78 is 14.3. The number of anilines is 2. The van der Waals surface area contributed by atoms with Gasteiger partial charge in [0.25, 0.3) is 11.8 Å². The molecule has 0 spiro atoms. The van der Waals surface area contributed by atoms with Crippen molar-refractivity contribution in [1.82, 2.24) is 5.32 Å². The average molecular weight is 456 g/mol. The first kappa shape index (κ1) is 22.0. The monoisotopic (exact) mass is 455 g/mol. The van der Waals surface area contributed by atoms with E-state index >= 15 is 0 Å². The Morgan fingerprint density at radius 2 is 1.84 bits per heavy atom. The highest BCUT2D eigenvalue weighted by atomic mass is 35.5. The van der Waals surface area contributed by atoms with Crippen molar-refractivity contribution in [2.75, 3.05) is 16.8 Å². The molecule has 32 heavy (non-hydrogen) atoms. The van der Waals surface area contributed by atoms with E-state index in [1.807, 2.05) is 19.2 Å². The highest BCUT2D eigenvalue weighted by Gasteiger charge is 2.39. The van der Waals surface area contributed by atoms with Crippen LogP contribution >= 0.6 is 11.6 Å². The molecule has 1 N–H and O–H groups in total. The lowest BCUT2D eigenvalue weighted by molar-refractivity contribution is -0.122. The van der Waals surface area contributed by atoms with Crippen LogP contribution in [-0.2, 0) is 9.59 Å². The molecule has 2 aromatic carbocycles. The first-order chi connectivity index (χ1) is 15.0. The minimum atomic E-state index is -1.00. The van der Waals surface area contributed by atoms with Gasteiger partial charge in [-0.15, -0.1) is 0 Å². The Hall–Kier alpha value is -3.19. The molecule has 0 aromatic heterocycles. The maximum Gasteiger partial charge on any atom is 0.336 e. The van der Waals surface area contributed by atoms with E-state index in [4.69, 9.17) is 11.6 Å². The van der Waals surface area contributed by atoms with Crippen LogP contribution in [0.5, 0.6) is 0 Å². The van der Waals surface area contributed by atoms with Gasteiger partial charge in [-0.2, -0.15) is 0 Å². The maximum atomic E-state index is 14.3. The summed E-state index contributed by atoms with van der Waals surface area (Å²) in [4.78, 5) is 40.7. The Balaban J connectivity index is 1.79.